The number of aromatic nitrogens is 2. The Morgan fingerprint density at radius 3 is 2.74 bits per heavy atom. The number of rotatable bonds is 6. The summed E-state index contributed by atoms with van der Waals surface area (Å²) in [5, 5.41) is 14.2. The predicted octanol–water partition coefficient (Wildman–Crippen LogP) is -0.187. The van der Waals surface area contributed by atoms with Crippen LogP contribution in [-0.4, -0.2) is 51.7 Å². The molecule has 0 bridgehead atoms. The van der Waals surface area contributed by atoms with E-state index in [1.165, 1.54) is 12.0 Å². The van der Waals surface area contributed by atoms with E-state index in [0.29, 0.717) is 6.54 Å². The summed E-state index contributed by atoms with van der Waals surface area (Å²) in [7, 11) is 1.23. The van der Waals surface area contributed by atoms with Crippen molar-refractivity contribution in [1.29, 1.82) is 0 Å². The van der Waals surface area contributed by atoms with E-state index < -0.39 is 10.9 Å². The molecule has 0 saturated carbocycles. The van der Waals surface area contributed by atoms with E-state index in [2.05, 4.69) is 9.84 Å². The lowest BCUT2D eigenvalue weighted by molar-refractivity contribution is -0.385. The van der Waals surface area contributed by atoms with Crippen molar-refractivity contribution in [3.63, 3.8) is 0 Å². The Labute approximate surface area is 108 Å². The molecule has 0 unspecified atom stereocenters. The molecule has 0 N–H and O–H groups in total. The zero-order valence-electron chi connectivity index (χ0n) is 10.6. The van der Waals surface area contributed by atoms with E-state index in [0.717, 1.165) is 17.1 Å². The summed E-state index contributed by atoms with van der Waals surface area (Å²) in [5.74, 6) is -0.896. The highest BCUT2D eigenvalue weighted by molar-refractivity contribution is 5.81. The Bertz CT molecular complexity index is 484. The first-order chi connectivity index (χ1) is 8.97. The van der Waals surface area contributed by atoms with Crippen LogP contribution in [0.25, 0.3) is 0 Å². The third kappa shape index (κ3) is 4.05. The summed E-state index contributed by atoms with van der Waals surface area (Å²) >= 11 is 0. The van der Waals surface area contributed by atoms with Gasteiger partial charge in [0.25, 0.3) is 0 Å². The van der Waals surface area contributed by atoms with Gasteiger partial charge in [0, 0.05) is 6.54 Å². The van der Waals surface area contributed by atoms with Crippen molar-refractivity contribution in [3.05, 3.63) is 22.5 Å². The molecule has 0 radical (unpaired) electrons. The Morgan fingerprint density at radius 1 is 1.58 bits per heavy atom. The number of esters is 1. The lowest BCUT2D eigenvalue weighted by atomic mass is 10.4. The normalized spacial score (nSPS) is 10.0. The number of amides is 1. The van der Waals surface area contributed by atoms with Crippen molar-refractivity contribution in [3.8, 4) is 0 Å². The molecule has 19 heavy (non-hydrogen) atoms. The highest BCUT2D eigenvalue weighted by atomic mass is 16.6. The molecule has 0 aliphatic heterocycles. The minimum Gasteiger partial charge on any atom is -0.468 e. The quantitative estimate of drug-likeness (QED) is 0.403. The number of hydrogen-bond donors (Lipinski definition) is 0. The van der Waals surface area contributed by atoms with Crippen molar-refractivity contribution in [1.82, 2.24) is 14.7 Å². The van der Waals surface area contributed by atoms with Crippen LogP contribution in [0.2, 0.25) is 0 Å². The van der Waals surface area contributed by atoms with Gasteiger partial charge in [0.15, 0.2) is 0 Å². The fourth-order valence-corrected chi connectivity index (χ4v) is 1.37. The molecule has 1 rings (SSSR count). The summed E-state index contributed by atoms with van der Waals surface area (Å²) < 4.78 is 5.63. The molecule has 0 aliphatic rings. The molecule has 0 fully saturated rings. The van der Waals surface area contributed by atoms with Gasteiger partial charge in [0.1, 0.15) is 25.5 Å². The molecule has 1 heterocycles. The minimum atomic E-state index is -0.597. The molecular weight excluding hydrogens is 256 g/mol. The van der Waals surface area contributed by atoms with Crippen molar-refractivity contribution < 1.29 is 19.2 Å². The maximum absolute atomic E-state index is 11.9. The van der Waals surface area contributed by atoms with Crippen molar-refractivity contribution in [2.45, 2.75) is 13.5 Å². The fourth-order valence-electron chi connectivity index (χ4n) is 1.37. The number of nitrogens with zero attached hydrogens (tertiary/aromatic N) is 4. The zero-order valence-corrected chi connectivity index (χ0v) is 10.6. The van der Waals surface area contributed by atoms with Crippen LogP contribution < -0.4 is 0 Å². The summed E-state index contributed by atoms with van der Waals surface area (Å²) in [6, 6.07) is 0. The lowest BCUT2D eigenvalue weighted by Crippen LogP contribution is -2.38. The zero-order chi connectivity index (χ0) is 14.4. The second-order valence-corrected chi connectivity index (χ2v) is 3.64. The smallest absolute Gasteiger partial charge is 0.325 e. The standard InChI is InChI=1S/C10H14N4O5/c1-3-12(7-10(16)19-2)9(15)6-13-5-8(4-11-13)14(17)18/h4-5H,3,6-7H2,1-2H3. The summed E-state index contributed by atoms with van der Waals surface area (Å²) in [6.45, 7) is 1.72. The van der Waals surface area contributed by atoms with Gasteiger partial charge in [-0.05, 0) is 6.92 Å². The van der Waals surface area contributed by atoms with Gasteiger partial charge in [-0.3, -0.25) is 24.4 Å². The van der Waals surface area contributed by atoms with E-state index in [-0.39, 0.29) is 24.7 Å². The Hall–Kier alpha value is -2.45. The number of carbonyl (C=O) groups is 2. The van der Waals surface area contributed by atoms with Crippen LogP contribution in [0.1, 0.15) is 6.92 Å². The molecule has 9 nitrogen and oxygen atoms in total. The molecule has 0 aromatic carbocycles. The van der Waals surface area contributed by atoms with Crippen LogP contribution in [0, 0.1) is 10.1 Å². The van der Waals surface area contributed by atoms with Crippen molar-refractivity contribution in [2.24, 2.45) is 0 Å². The van der Waals surface area contributed by atoms with Gasteiger partial charge in [0.05, 0.1) is 12.0 Å². The largest absolute Gasteiger partial charge is 0.468 e. The summed E-state index contributed by atoms with van der Waals surface area (Å²) in [5.41, 5.74) is -0.191. The monoisotopic (exact) mass is 270 g/mol. The predicted molar refractivity (Wildman–Crippen MR) is 63.2 cm³/mol. The number of ether oxygens (including phenoxy) is 1. The average Bonchev–Trinajstić information content (AvgIpc) is 2.84. The number of carbonyl (C=O) groups excluding carboxylic acids is 2. The highest BCUT2D eigenvalue weighted by Crippen LogP contribution is 2.07. The van der Waals surface area contributed by atoms with Crippen molar-refractivity contribution in [2.75, 3.05) is 20.2 Å². The first-order valence-corrected chi connectivity index (χ1v) is 5.49. The SMILES string of the molecule is CCN(CC(=O)OC)C(=O)Cn1cc([N+](=O)[O-])cn1. The molecule has 0 saturated heterocycles. The van der Waals surface area contributed by atoms with Gasteiger partial charge in [-0.1, -0.05) is 0 Å². The number of likely N-dealkylation sites (N-methyl/N-ethyl adjacent to an activating group) is 1. The van der Waals surface area contributed by atoms with E-state index in [9.17, 15) is 19.7 Å². The summed E-state index contributed by atoms with van der Waals surface area (Å²) in [4.78, 5) is 34.1. The van der Waals surface area contributed by atoms with Crippen LogP contribution in [-0.2, 0) is 20.9 Å². The number of methoxy groups -OCH3 is 1. The Morgan fingerprint density at radius 2 is 2.26 bits per heavy atom. The molecule has 0 aliphatic carbocycles. The molecule has 0 atom stereocenters. The molecular formula is C10H14N4O5. The Balaban J connectivity index is 2.65. The van der Waals surface area contributed by atoms with Crippen LogP contribution in [0.4, 0.5) is 5.69 Å². The van der Waals surface area contributed by atoms with E-state index >= 15 is 0 Å². The van der Waals surface area contributed by atoms with Gasteiger partial charge in [-0.2, -0.15) is 5.10 Å². The van der Waals surface area contributed by atoms with Crippen LogP contribution in [0.15, 0.2) is 12.4 Å². The van der Waals surface area contributed by atoms with Gasteiger partial charge >= 0.3 is 11.7 Å². The molecule has 104 valence electrons. The van der Waals surface area contributed by atoms with Crippen LogP contribution >= 0.6 is 0 Å². The topological polar surface area (TPSA) is 108 Å². The molecule has 0 spiro atoms. The highest BCUT2D eigenvalue weighted by Gasteiger charge is 2.18. The molecule has 1 aromatic heterocycles. The van der Waals surface area contributed by atoms with Gasteiger partial charge < -0.3 is 9.64 Å². The van der Waals surface area contributed by atoms with E-state index in [1.54, 1.807) is 6.92 Å². The van der Waals surface area contributed by atoms with Gasteiger partial charge in [0.2, 0.25) is 5.91 Å². The minimum absolute atomic E-state index is 0.158. The third-order valence-electron chi connectivity index (χ3n) is 2.41. The number of nitro groups is 1. The van der Waals surface area contributed by atoms with E-state index in [4.69, 9.17) is 0 Å². The van der Waals surface area contributed by atoms with Gasteiger partial charge in [-0.25, -0.2) is 0 Å². The average molecular weight is 270 g/mol. The van der Waals surface area contributed by atoms with Crippen LogP contribution in [0.5, 0.6) is 0 Å². The second-order valence-electron chi connectivity index (χ2n) is 3.64. The summed E-state index contributed by atoms with van der Waals surface area (Å²) in [6.07, 6.45) is 2.22. The Kier molecular flexibility index (Phi) is 4.98. The second kappa shape index (κ2) is 6.47. The maximum Gasteiger partial charge on any atom is 0.325 e. The fraction of sp³-hybridized carbons (Fsp3) is 0.500. The number of hydrogen-bond acceptors (Lipinski definition) is 6. The van der Waals surface area contributed by atoms with Crippen LogP contribution in [0.3, 0.4) is 0 Å². The van der Waals surface area contributed by atoms with Gasteiger partial charge in [-0.15, -0.1) is 0 Å². The molecule has 9 heteroatoms. The van der Waals surface area contributed by atoms with Crippen molar-refractivity contribution >= 4 is 17.6 Å². The third-order valence-corrected chi connectivity index (χ3v) is 2.41. The lowest BCUT2D eigenvalue weighted by Gasteiger charge is -2.19. The molecule has 1 amide bonds. The first-order valence-electron chi connectivity index (χ1n) is 5.49. The first kappa shape index (κ1) is 14.6. The molecule has 1 aromatic rings. The van der Waals surface area contributed by atoms with E-state index in [1.807, 2.05) is 0 Å². The maximum atomic E-state index is 11.9.